The molecule has 4 rings (SSSR count). The second-order valence-electron chi connectivity index (χ2n) is 5.70. The van der Waals surface area contributed by atoms with Gasteiger partial charge < -0.3 is 30.2 Å². The fraction of sp³-hybridized carbons (Fsp3) is 0.615. The van der Waals surface area contributed by atoms with Crippen LogP contribution in [0.5, 0.6) is 0 Å². The number of aliphatic hydroxyl groups excluding tert-OH is 3. The fourth-order valence-electron chi connectivity index (χ4n) is 2.48. The molecule has 2 aromatic rings. The molecule has 2 aromatic heterocycles. The van der Waals surface area contributed by atoms with Crippen LogP contribution in [0.1, 0.15) is 12.8 Å². The smallest absolute Gasteiger partial charge is 0.254 e. The summed E-state index contributed by atoms with van der Waals surface area (Å²) in [7, 11) is 0. The average Bonchev–Trinajstić information content (AvgIpc) is 3.22. The Labute approximate surface area is 130 Å². The van der Waals surface area contributed by atoms with E-state index in [0.29, 0.717) is 23.0 Å². The second-order valence-corrected chi connectivity index (χ2v) is 5.70. The summed E-state index contributed by atoms with van der Waals surface area (Å²) < 4.78 is 6.54. The Morgan fingerprint density at radius 2 is 2.09 bits per heavy atom. The molecule has 23 heavy (non-hydrogen) atoms. The van der Waals surface area contributed by atoms with Crippen molar-refractivity contribution in [3.05, 3.63) is 12.7 Å². The topological polar surface area (TPSA) is 135 Å². The maximum absolute atomic E-state index is 9.92. The fourth-order valence-corrected chi connectivity index (χ4v) is 2.48. The van der Waals surface area contributed by atoms with Crippen LogP contribution >= 0.6 is 0 Å². The van der Waals surface area contributed by atoms with E-state index in [1.807, 2.05) is 0 Å². The van der Waals surface area contributed by atoms with E-state index < -0.39 is 31.2 Å². The molecule has 0 amide bonds. The molecule has 4 atom stereocenters. The van der Waals surface area contributed by atoms with Crippen molar-refractivity contribution in [2.24, 2.45) is 0 Å². The maximum Gasteiger partial charge on any atom is 0.254 e. The van der Waals surface area contributed by atoms with Gasteiger partial charge in [-0.25, -0.2) is 15.0 Å². The lowest BCUT2D eigenvalue weighted by atomic mass is 10.1. The minimum atomic E-state index is -1.28. The van der Waals surface area contributed by atoms with Crippen LogP contribution in [0.2, 0.25) is 0 Å². The van der Waals surface area contributed by atoms with Gasteiger partial charge in [-0.2, -0.15) is 0 Å². The Morgan fingerprint density at radius 3 is 2.78 bits per heavy atom. The van der Waals surface area contributed by atoms with Gasteiger partial charge in [0.15, 0.2) is 11.3 Å². The zero-order valence-corrected chi connectivity index (χ0v) is 12.1. The minimum Gasteiger partial charge on any atom is -0.394 e. The third-order valence-corrected chi connectivity index (χ3v) is 3.94. The predicted octanol–water partition coefficient (Wildman–Crippen LogP) is -1.73. The van der Waals surface area contributed by atoms with Crippen molar-refractivity contribution in [3.8, 4) is 0 Å². The first-order chi connectivity index (χ1) is 11.2. The summed E-state index contributed by atoms with van der Waals surface area (Å²) in [6.45, 7) is -0.416. The van der Waals surface area contributed by atoms with E-state index in [2.05, 4.69) is 20.3 Å². The van der Waals surface area contributed by atoms with E-state index in [0.717, 1.165) is 12.8 Å². The lowest BCUT2D eigenvalue weighted by Crippen LogP contribution is -2.38. The van der Waals surface area contributed by atoms with Gasteiger partial charge in [0.2, 0.25) is 5.65 Å². The number of aliphatic hydroxyl groups is 3. The number of fused-ring (bicyclic) bond motifs is 1. The standard InChI is InChI=1S/C13H17N5O5/c19-3-7-9(20)10(21)13(22-7)23-18-5-16-8-11(17-6-1-2-6)14-4-15-12(8)18/h4-7,9-10,13,19-21H,1-3H2,(H,14,15,17)/t7-,9-,10+,13-/m1/s1. The molecule has 2 fully saturated rings. The molecule has 1 saturated carbocycles. The lowest BCUT2D eigenvalue weighted by molar-refractivity contribution is -0.169. The first kappa shape index (κ1) is 14.6. The monoisotopic (exact) mass is 323 g/mol. The molecule has 0 bridgehead atoms. The number of nitrogens with one attached hydrogen (secondary N) is 1. The highest BCUT2D eigenvalue weighted by Gasteiger charge is 2.44. The normalized spacial score (nSPS) is 30.7. The minimum absolute atomic E-state index is 0.416. The van der Waals surface area contributed by atoms with Gasteiger partial charge in [0, 0.05) is 6.04 Å². The first-order valence-corrected chi connectivity index (χ1v) is 7.41. The maximum atomic E-state index is 9.92. The molecule has 1 aliphatic heterocycles. The number of ether oxygens (including phenoxy) is 1. The number of anilines is 1. The summed E-state index contributed by atoms with van der Waals surface area (Å²) in [6.07, 6.45) is 0.465. The summed E-state index contributed by atoms with van der Waals surface area (Å²) in [4.78, 5) is 18.0. The van der Waals surface area contributed by atoms with E-state index in [1.54, 1.807) is 0 Å². The van der Waals surface area contributed by atoms with E-state index >= 15 is 0 Å². The Bertz CT molecular complexity index is 705. The van der Waals surface area contributed by atoms with Crippen LogP contribution in [0, 0.1) is 0 Å². The molecule has 2 aliphatic rings. The van der Waals surface area contributed by atoms with Crippen LogP contribution in [0.3, 0.4) is 0 Å². The Morgan fingerprint density at radius 1 is 1.26 bits per heavy atom. The van der Waals surface area contributed by atoms with Crippen LogP contribution in [0.4, 0.5) is 5.82 Å². The van der Waals surface area contributed by atoms with Gasteiger partial charge in [0.05, 0.1) is 6.61 Å². The molecule has 0 aromatic carbocycles. The Kier molecular flexibility index (Phi) is 3.53. The van der Waals surface area contributed by atoms with Crippen LogP contribution in [0.25, 0.3) is 11.2 Å². The van der Waals surface area contributed by atoms with Crippen molar-refractivity contribution in [2.75, 3.05) is 11.9 Å². The molecule has 0 spiro atoms. The molecule has 1 aliphatic carbocycles. The molecule has 0 unspecified atom stereocenters. The molecule has 4 N–H and O–H groups in total. The molecule has 1 saturated heterocycles. The number of imidazole rings is 1. The molecule has 0 radical (unpaired) electrons. The molecule has 10 heteroatoms. The summed E-state index contributed by atoms with van der Waals surface area (Å²) in [6, 6.07) is 0.416. The third-order valence-electron chi connectivity index (χ3n) is 3.94. The van der Waals surface area contributed by atoms with E-state index in [4.69, 9.17) is 14.7 Å². The van der Waals surface area contributed by atoms with Crippen molar-refractivity contribution >= 4 is 17.0 Å². The number of hydrogen-bond acceptors (Lipinski definition) is 9. The largest absolute Gasteiger partial charge is 0.394 e. The van der Waals surface area contributed by atoms with Gasteiger partial charge in [-0.3, -0.25) is 0 Å². The van der Waals surface area contributed by atoms with Crippen molar-refractivity contribution in [2.45, 2.75) is 43.5 Å². The van der Waals surface area contributed by atoms with Crippen LogP contribution in [0.15, 0.2) is 12.7 Å². The zero-order chi connectivity index (χ0) is 16.0. The van der Waals surface area contributed by atoms with Gasteiger partial charge in [0.25, 0.3) is 6.29 Å². The van der Waals surface area contributed by atoms with Gasteiger partial charge in [0.1, 0.15) is 31.0 Å². The highest BCUT2D eigenvalue weighted by Crippen LogP contribution is 2.27. The van der Waals surface area contributed by atoms with Crippen molar-refractivity contribution in [3.63, 3.8) is 0 Å². The van der Waals surface area contributed by atoms with E-state index in [1.165, 1.54) is 17.4 Å². The average molecular weight is 323 g/mol. The van der Waals surface area contributed by atoms with Crippen LogP contribution in [-0.4, -0.2) is 72.3 Å². The van der Waals surface area contributed by atoms with Gasteiger partial charge >= 0.3 is 0 Å². The van der Waals surface area contributed by atoms with Gasteiger partial charge in [-0.05, 0) is 12.8 Å². The van der Waals surface area contributed by atoms with E-state index in [-0.39, 0.29) is 0 Å². The van der Waals surface area contributed by atoms with Crippen molar-refractivity contribution in [1.82, 2.24) is 19.7 Å². The Balaban J connectivity index is 1.57. The first-order valence-electron chi connectivity index (χ1n) is 7.41. The highest BCUT2D eigenvalue weighted by atomic mass is 16.8. The van der Waals surface area contributed by atoms with Gasteiger partial charge in [-0.15, -0.1) is 4.73 Å². The lowest BCUT2D eigenvalue weighted by Gasteiger charge is -2.16. The highest BCUT2D eigenvalue weighted by molar-refractivity contribution is 5.82. The van der Waals surface area contributed by atoms with Crippen LogP contribution in [-0.2, 0) is 4.74 Å². The third kappa shape index (κ3) is 2.59. The summed E-state index contributed by atoms with van der Waals surface area (Å²) in [5.74, 6) is 0.626. The Hall–Kier alpha value is -2.01. The van der Waals surface area contributed by atoms with E-state index in [9.17, 15) is 10.2 Å². The SMILES string of the molecule is OC[C@H]1O[C@H](On2cnc3c(NC4CC4)ncnc32)[C@@H](O)[C@@H]1O. The predicted molar refractivity (Wildman–Crippen MR) is 76.3 cm³/mol. The molecule has 3 heterocycles. The number of rotatable bonds is 5. The number of nitrogens with zero attached hydrogens (tertiary/aromatic N) is 4. The van der Waals surface area contributed by atoms with Gasteiger partial charge in [-0.1, -0.05) is 0 Å². The molecular formula is C13H17N5O5. The summed E-state index contributed by atoms with van der Waals surface area (Å²) in [5, 5.41) is 32.0. The summed E-state index contributed by atoms with van der Waals surface area (Å²) in [5.41, 5.74) is 0.965. The number of hydrogen-bond donors (Lipinski definition) is 4. The zero-order valence-electron chi connectivity index (χ0n) is 12.1. The van der Waals surface area contributed by atoms with Crippen LogP contribution < -0.4 is 10.2 Å². The number of aromatic nitrogens is 4. The summed E-state index contributed by atoms with van der Waals surface area (Å²) >= 11 is 0. The quantitative estimate of drug-likeness (QED) is 0.506. The van der Waals surface area contributed by atoms with Crippen molar-refractivity contribution < 1.29 is 24.9 Å². The second kappa shape index (κ2) is 5.57. The molecular weight excluding hydrogens is 306 g/mol. The van der Waals surface area contributed by atoms with Crippen molar-refractivity contribution in [1.29, 1.82) is 0 Å². The molecule has 10 nitrogen and oxygen atoms in total. The molecule has 124 valence electrons.